The fourth-order valence-electron chi connectivity index (χ4n) is 3.96. The fraction of sp³-hybridized carbons (Fsp3) is 0.947. The maximum atomic E-state index is 5.56. The first-order valence-electron chi connectivity index (χ1n) is 9.39. The maximum absolute atomic E-state index is 5.56. The molecule has 2 nitrogen and oxygen atoms in total. The van der Waals surface area contributed by atoms with Crippen molar-refractivity contribution >= 4 is 17.3 Å². The predicted molar refractivity (Wildman–Crippen MR) is 102 cm³/mol. The van der Waals surface area contributed by atoms with Crippen LogP contribution >= 0.6 is 12.2 Å². The molecule has 2 atom stereocenters. The summed E-state index contributed by atoms with van der Waals surface area (Å²) in [5, 5.41) is 7.93. The third-order valence-electron chi connectivity index (χ3n) is 5.09. The molecule has 1 saturated carbocycles. The lowest BCUT2D eigenvalue weighted by Gasteiger charge is -2.43. The topological polar surface area (TPSA) is 24.1 Å². The van der Waals surface area contributed by atoms with Crippen molar-refractivity contribution in [2.24, 2.45) is 17.8 Å². The molecule has 0 radical (unpaired) electrons. The number of hydrogen-bond acceptors (Lipinski definition) is 1. The van der Waals surface area contributed by atoms with Crippen molar-refractivity contribution in [2.75, 3.05) is 0 Å². The highest BCUT2D eigenvalue weighted by Crippen LogP contribution is 2.39. The molecule has 0 saturated heterocycles. The summed E-state index contributed by atoms with van der Waals surface area (Å²) in [7, 11) is 0. The van der Waals surface area contributed by atoms with Crippen LogP contribution in [0.3, 0.4) is 0 Å². The van der Waals surface area contributed by atoms with Gasteiger partial charge in [0.1, 0.15) is 0 Å². The van der Waals surface area contributed by atoms with Crippen molar-refractivity contribution in [3.05, 3.63) is 0 Å². The molecule has 22 heavy (non-hydrogen) atoms. The summed E-state index contributed by atoms with van der Waals surface area (Å²) in [5.41, 5.74) is 0.0336. The Morgan fingerprint density at radius 3 is 2.00 bits per heavy atom. The Labute approximate surface area is 144 Å². The molecule has 0 aromatic rings. The summed E-state index contributed by atoms with van der Waals surface area (Å²) in [6.07, 6.45) is 9.40. The Morgan fingerprint density at radius 1 is 1.05 bits per heavy atom. The van der Waals surface area contributed by atoms with Gasteiger partial charge in [-0.1, -0.05) is 52.9 Å². The Balaban J connectivity index is 2.68. The molecular formula is C19H38N2S. The minimum atomic E-state index is 0.0336. The van der Waals surface area contributed by atoms with Crippen LogP contribution in [0.25, 0.3) is 0 Å². The standard InChI is InChI=1S/C19H38N2S/c1-7-10-11-14-12-15(8-2)17(16(9-3)13-14)20-18(22)21-19(4,5)6/h14-17H,7-13H2,1-6H3,(H2,20,21,22). The molecule has 0 aromatic carbocycles. The van der Waals surface area contributed by atoms with Gasteiger partial charge in [0, 0.05) is 11.6 Å². The molecule has 1 fully saturated rings. The lowest BCUT2D eigenvalue weighted by atomic mass is 9.68. The molecule has 3 heteroatoms. The molecule has 0 heterocycles. The molecular weight excluding hydrogens is 288 g/mol. The Morgan fingerprint density at radius 2 is 1.59 bits per heavy atom. The van der Waals surface area contributed by atoms with E-state index in [1.54, 1.807) is 0 Å². The zero-order chi connectivity index (χ0) is 16.8. The van der Waals surface area contributed by atoms with Crippen molar-refractivity contribution in [1.82, 2.24) is 10.6 Å². The van der Waals surface area contributed by atoms with E-state index in [-0.39, 0.29) is 5.54 Å². The average Bonchev–Trinajstić information content (AvgIpc) is 2.43. The van der Waals surface area contributed by atoms with Gasteiger partial charge in [0.25, 0.3) is 0 Å². The van der Waals surface area contributed by atoms with Gasteiger partial charge >= 0.3 is 0 Å². The lowest BCUT2D eigenvalue weighted by Crippen LogP contribution is -2.55. The first-order chi connectivity index (χ1) is 10.3. The fourth-order valence-corrected chi connectivity index (χ4v) is 4.41. The second kappa shape index (κ2) is 9.10. The Hall–Kier alpha value is -0.310. The first kappa shape index (κ1) is 19.7. The van der Waals surface area contributed by atoms with Gasteiger partial charge in [-0.3, -0.25) is 0 Å². The highest BCUT2D eigenvalue weighted by Gasteiger charge is 2.36. The van der Waals surface area contributed by atoms with Crippen molar-refractivity contribution in [1.29, 1.82) is 0 Å². The molecule has 1 aliphatic carbocycles. The Kier molecular flexibility index (Phi) is 8.16. The lowest BCUT2D eigenvalue weighted by molar-refractivity contribution is 0.132. The zero-order valence-electron chi connectivity index (χ0n) is 15.7. The van der Waals surface area contributed by atoms with Gasteiger partial charge in [0.05, 0.1) is 0 Å². The number of hydrogen-bond donors (Lipinski definition) is 2. The largest absolute Gasteiger partial charge is 0.359 e. The highest BCUT2D eigenvalue weighted by atomic mass is 32.1. The monoisotopic (exact) mass is 326 g/mol. The summed E-state index contributed by atoms with van der Waals surface area (Å²) < 4.78 is 0. The quantitative estimate of drug-likeness (QED) is 0.650. The van der Waals surface area contributed by atoms with E-state index in [0.29, 0.717) is 6.04 Å². The summed E-state index contributed by atoms with van der Waals surface area (Å²) in [5.74, 6) is 2.46. The van der Waals surface area contributed by atoms with Gasteiger partial charge in [0.15, 0.2) is 5.11 Å². The summed E-state index contributed by atoms with van der Waals surface area (Å²) in [6.45, 7) is 13.5. The van der Waals surface area contributed by atoms with E-state index in [1.807, 2.05) is 0 Å². The van der Waals surface area contributed by atoms with Crippen molar-refractivity contribution in [3.63, 3.8) is 0 Å². The van der Waals surface area contributed by atoms with E-state index >= 15 is 0 Å². The van der Waals surface area contributed by atoms with Crippen LogP contribution in [0.5, 0.6) is 0 Å². The van der Waals surface area contributed by atoms with Crippen LogP contribution in [0.1, 0.15) is 86.5 Å². The van der Waals surface area contributed by atoms with E-state index in [4.69, 9.17) is 12.2 Å². The Bertz CT molecular complexity index is 321. The molecule has 2 N–H and O–H groups in total. The van der Waals surface area contributed by atoms with Crippen molar-refractivity contribution in [3.8, 4) is 0 Å². The van der Waals surface area contributed by atoms with Gasteiger partial charge < -0.3 is 10.6 Å². The van der Waals surface area contributed by atoms with Crippen LogP contribution in [-0.4, -0.2) is 16.7 Å². The molecule has 0 amide bonds. The van der Waals surface area contributed by atoms with E-state index in [1.165, 1.54) is 44.9 Å². The van der Waals surface area contributed by atoms with Crippen molar-refractivity contribution < 1.29 is 0 Å². The predicted octanol–water partition coefficient (Wildman–Crippen LogP) is 5.27. The summed E-state index contributed by atoms with van der Waals surface area (Å²) in [4.78, 5) is 0. The molecule has 0 spiro atoms. The van der Waals surface area contributed by atoms with E-state index in [0.717, 1.165) is 22.9 Å². The van der Waals surface area contributed by atoms with Crippen LogP contribution in [0, 0.1) is 17.8 Å². The number of unbranched alkanes of at least 4 members (excludes halogenated alkanes) is 1. The van der Waals surface area contributed by atoms with Gasteiger partial charge in [-0.2, -0.15) is 0 Å². The van der Waals surface area contributed by atoms with Crippen LogP contribution < -0.4 is 10.6 Å². The van der Waals surface area contributed by atoms with E-state index in [9.17, 15) is 0 Å². The van der Waals surface area contributed by atoms with Crippen molar-refractivity contribution in [2.45, 2.75) is 98.1 Å². The minimum Gasteiger partial charge on any atom is -0.359 e. The SMILES string of the molecule is CCCCC1CC(CC)C(NC(=S)NC(C)(C)C)C(CC)C1. The van der Waals surface area contributed by atoms with E-state index in [2.05, 4.69) is 52.2 Å². The van der Waals surface area contributed by atoms with Gasteiger partial charge in [0.2, 0.25) is 0 Å². The van der Waals surface area contributed by atoms with Gasteiger partial charge in [-0.25, -0.2) is 0 Å². The van der Waals surface area contributed by atoms with Gasteiger partial charge in [-0.05, 0) is 63.6 Å². The van der Waals surface area contributed by atoms with Crippen LogP contribution in [-0.2, 0) is 0 Å². The summed E-state index contributed by atoms with van der Waals surface area (Å²) >= 11 is 5.56. The third kappa shape index (κ3) is 6.44. The number of thiocarbonyl (C=S) groups is 1. The first-order valence-corrected chi connectivity index (χ1v) is 9.80. The number of rotatable bonds is 6. The van der Waals surface area contributed by atoms with Gasteiger partial charge in [-0.15, -0.1) is 0 Å². The highest BCUT2D eigenvalue weighted by molar-refractivity contribution is 7.80. The van der Waals surface area contributed by atoms with Crippen LogP contribution in [0.15, 0.2) is 0 Å². The normalized spacial score (nSPS) is 29.2. The third-order valence-corrected chi connectivity index (χ3v) is 5.31. The van der Waals surface area contributed by atoms with Crippen LogP contribution in [0.2, 0.25) is 0 Å². The molecule has 0 aromatic heterocycles. The van der Waals surface area contributed by atoms with Crippen LogP contribution in [0.4, 0.5) is 0 Å². The smallest absolute Gasteiger partial charge is 0.166 e. The minimum absolute atomic E-state index is 0.0336. The molecule has 1 rings (SSSR count). The zero-order valence-corrected chi connectivity index (χ0v) is 16.5. The molecule has 2 unspecified atom stereocenters. The number of nitrogens with one attached hydrogen (secondary N) is 2. The maximum Gasteiger partial charge on any atom is 0.166 e. The average molecular weight is 327 g/mol. The second-order valence-electron chi connectivity index (χ2n) is 8.19. The second-order valence-corrected chi connectivity index (χ2v) is 8.60. The molecule has 0 bridgehead atoms. The molecule has 130 valence electrons. The molecule has 0 aliphatic heterocycles. The van der Waals surface area contributed by atoms with E-state index < -0.39 is 0 Å². The summed E-state index contributed by atoms with van der Waals surface area (Å²) in [6, 6.07) is 0.551. The molecule has 1 aliphatic rings.